The Kier molecular flexibility index (Phi) is 3.81. The van der Waals surface area contributed by atoms with Gasteiger partial charge in [0, 0.05) is 35.4 Å². The maximum absolute atomic E-state index is 12.0. The largest absolute Gasteiger partial charge is 0.348 e. The normalized spacial score (nSPS) is 10.4. The zero-order valence-corrected chi connectivity index (χ0v) is 11.9. The maximum Gasteiger partial charge on any atom is 0.251 e. The number of benzene rings is 1. The highest BCUT2D eigenvalue weighted by Gasteiger charge is 2.09. The minimum Gasteiger partial charge on any atom is -0.348 e. The monoisotopic (exact) mass is 307 g/mol. The van der Waals surface area contributed by atoms with Gasteiger partial charge in [-0.1, -0.05) is 22.0 Å². The molecule has 0 aliphatic rings. The SMILES string of the molecule is Cc1ccc(Br)cc1C(=O)NCc1cnn(C)c1. The zero-order valence-electron chi connectivity index (χ0n) is 10.3. The summed E-state index contributed by atoms with van der Waals surface area (Å²) in [4.78, 5) is 12.0. The standard InChI is InChI=1S/C13H14BrN3O/c1-9-3-4-11(14)5-12(9)13(18)15-6-10-7-16-17(2)8-10/h3-5,7-8H,6H2,1-2H3,(H,15,18). The van der Waals surface area contributed by atoms with Crippen molar-refractivity contribution in [2.24, 2.45) is 7.05 Å². The second-order valence-electron chi connectivity index (χ2n) is 4.16. The van der Waals surface area contributed by atoms with Gasteiger partial charge in [-0.3, -0.25) is 9.48 Å². The molecule has 0 radical (unpaired) electrons. The highest BCUT2D eigenvalue weighted by Crippen LogP contribution is 2.16. The number of aryl methyl sites for hydroxylation is 2. The maximum atomic E-state index is 12.0. The number of rotatable bonds is 3. The van der Waals surface area contributed by atoms with Crippen molar-refractivity contribution in [3.63, 3.8) is 0 Å². The lowest BCUT2D eigenvalue weighted by atomic mass is 10.1. The molecule has 1 aromatic carbocycles. The van der Waals surface area contributed by atoms with Gasteiger partial charge < -0.3 is 5.32 Å². The van der Waals surface area contributed by atoms with Crippen LogP contribution < -0.4 is 5.32 Å². The molecule has 0 aliphatic heterocycles. The van der Waals surface area contributed by atoms with E-state index in [1.54, 1.807) is 10.9 Å². The van der Waals surface area contributed by atoms with E-state index < -0.39 is 0 Å². The van der Waals surface area contributed by atoms with E-state index in [0.29, 0.717) is 12.1 Å². The van der Waals surface area contributed by atoms with Gasteiger partial charge in [-0.15, -0.1) is 0 Å². The minimum atomic E-state index is -0.0716. The predicted molar refractivity (Wildman–Crippen MR) is 73.3 cm³/mol. The lowest BCUT2D eigenvalue weighted by Crippen LogP contribution is -2.23. The first kappa shape index (κ1) is 12.8. The molecule has 1 heterocycles. The third-order valence-corrected chi connectivity index (χ3v) is 3.15. The molecule has 4 nitrogen and oxygen atoms in total. The summed E-state index contributed by atoms with van der Waals surface area (Å²) in [7, 11) is 1.85. The van der Waals surface area contributed by atoms with Gasteiger partial charge in [-0.2, -0.15) is 5.10 Å². The Bertz CT molecular complexity index is 577. The van der Waals surface area contributed by atoms with Crippen LogP contribution in [0.1, 0.15) is 21.5 Å². The Hall–Kier alpha value is -1.62. The summed E-state index contributed by atoms with van der Waals surface area (Å²) in [5.74, 6) is -0.0716. The Morgan fingerprint density at radius 3 is 2.94 bits per heavy atom. The number of carbonyl (C=O) groups excluding carboxylic acids is 1. The first-order chi connectivity index (χ1) is 8.56. The minimum absolute atomic E-state index is 0.0716. The Balaban J connectivity index is 2.05. The molecule has 18 heavy (non-hydrogen) atoms. The first-order valence-electron chi connectivity index (χ1n) is 5.58. The van der Waals surface area contributed by atoms with E-state index >= 15 is 0 Å². The van der Waals surface area contributed by atoms with Crippen LogP contribution in [0.15, 0.2) is 35.1 Å². The van der Waals surface area contributed by atoms with Crippen LogP contribution in [-0.4, -0.2) is 15.7 Å². The topological polar surface area (TPSA) is 46.9 Å². The van der Waals surface area contributed by atoms with Gasteiger partial charge in [0.05, 0.1) is 6.20 Å². The summed E-state index contributed by atoms with van der Waals surface area (Å²) in [6, 6.07) is 5.67. The number of nitrogens with one attached hydrogen (secondary N) is 1. The molecule has 1 amide bonds. The fraction of sp³-hybridized carbons (Fsp3) is 0.231. The molecule has 0 spiro atoms. The van der Waals surface area contributed by atoms with Crippen molar-refractivity contribution in [3.8, 4) is 0 Å². The van der Waals surface area contributed by atoms with Crippen molar-refractivity contribution in [2.75, 3.05) is 0 Å². The zero-order chi connectivity index (χ0) is 13.1. The van der Waals surface area contributed by atoms with E-state index in [1.165, 1.54) is 0 Å². The van der Waals surface area contributed by atoms with Crippen LogP contribution >= 0.6 is 15.9 Å². The number of amides is 1. The molecule has 0 saturated heterocycles. The lowest BCUT2D eigenvalue weighted by Gasteiger charge is -2.07. The van der Waals surface area contributed by atoms with E-state index in [9.17, 15) is 4.79 Å². The fourth-order valence-corrected chi connectivity index (χ4v) is 2.04. The summed E-state index contributed by atoms with van der Waals surface area (Å²) in [6.07, 6.45) is 3.63. The van der Waals surface area contributed by atoms with Crippen molar-refractivity contribution >= 4 is 21.8 Å². The van der Waals surface area contributed by atoms with E-state index in [4.69, 9.17) is 0 Å². The number of carbonyl (C=O) groups is 1. The van der Waals surface area contributed by atoms with E-state index in [-0.39, 0.29) is 5.91 Å². The van der Waals surface area contributed by atoms with Crippen LogP contribution in [0.4, 0.5) is 0 Å². The highest BCUT2D eigenvalue weighted by atomic mass is 79.9. The number of nitrogens with zero attached hydrogens (tertiary/aromatic N) is 2. The molecule has 0 saturated carbocycles. The van der Waals surface area contributed by atoms with E-state index in [0.717, 1.165) is 15.6 Å². The Morgan fingerprint density at radius 2 is 2.28 bits per heavy atom. The van der Waals surface area contributed by atoms with Gasteiger partial charge in [0.1, 0.15) is 0 Å². The number of aromatic nitrogens is 2. The molecule has 0 aliphatic carbocycles. The molecular weight excluding hydrogens is 294 g/mol. The summed E-state index contributed by atoms with van der Waals surface area (Å²) < 4.78 is 2.62. The summed E-state index contributed by atoms with van der Waals surface area (Å²) >= 11 is 3.37. The molecule has 94 valence electrons. The molecule has 2 aromatic rings. The van der Waals surface area contributed by atoms with Crippen molar-refractivity contribution in [2.45, 2.75) is 13.5 Å². The van der Waals surface area contributed by atoms with Gasteiger partial charge in [0.2, 0.25) is 0 Å². The molecule has 5 heteroatoms. The van der Waals surface area contributed by atoms with Crippen LogP contribution in [-0.2, 0) is 13.6 Å². The molecule has 0 atom stereocenters. The van der Waals surface area contributed by atoms with Gasteiger partial charge in [-0.05, 0) is 24.6 Å². The average molecular weight is 308 g/mol. The Morgan fingerprint density at radius 1 is 1.50 bits per heavy atom. The van der Waals surface area contributed by atoms with Crippen LogP contribution in [0.5, 0.6) is 0 Å². The fourth-order valence-electron chi connectivity index (χ4n) is 1.68. The van der Waals surface area contributed by atoms with Gasteiger partial charge >= 0.3 is 0 Å². The van der Waals surface area contributed by atoms with Crippen LogP contribution in [0, 0.1) is 6.92 Å². The third-order valence-electron chi connectivity index (χ3n) is 2.66. The average Bonchev–Trinajstić information content (AvgIpc) is 2.75. The third kappa shape index (κ3) is 2.98. The lowest BCUT2D eigenvalue weighted by molar-refractivity contribution is 0.0950. The number of hydrogen-bond donors (Lipinski definition) is 1. The molecule has 2 rings (SSSR count). The molecule has 0 unspecified atom stereocenters. The molecule has 0 fully saturated rings. The molecule has 1 aromatic heterocycles. The highest BCUT2D eigenvalue weighted by molar-refractivity contribution is 9.10. The van der Waals surface area contributed by atoms with E-state index in [1.807, 2.05) is 38.4 Å². The second kappa shape index (κ2) is 5.35. The van der Waals surface area contributed by atoms with Crippen molar-refractivity contribution in [1.82, 2.24) is 15.1 Å². The van der Waals surface area contributed by atoms with Crippen molar-refractivity contribution < 1.29 is 4.79 Å². The molecular formula is C13H14BrN3O. The molecule has 1 N–H and O–H groups in total. The van der Waals surface area contributed by atoms with Crippen LogP contribution in [0.3, 0.4) is 0 Å². The van der Waals surface area contributed by atoms with Gasteiger partial charge in [-0.25, -0.2) is 0 Å². The summed E-state index contributed by atoms with van der Waals surface area (Å²) in [6.45, 7) is 2.41. The first-order valence-corrected chi connectivity index (χ1v) is 6.37. The van der Waals surface area contributed by atoms with E-state index in [2.05, 4.69) is 26.3 Å². The summed E-state index contributed by atoms with van der Waals surface area (Å²) in [5, 5.41) is 6.94. The second-order valence-corrected chi connectivity index (χ2v) is 5.08. The molecule has 0 bridgehead atoms. The smallest absolute Gasteiger partial charge is 0.251 e. The van der Waals surface area contributed by atoms with Gasteiger partial charge in [0.25, 0.3) is 5.91 Å². The number of hydrogen-bond acceptors (Lipinski definition) is 2. The summed E-state index contributed by atoms with van der Waals surface area (Å²) in [5.41, 5.74) is 2.63. The predicted octanol–water partition coefficient (Wildman–Crippen LogP) is 2.42. The van der Waals surface area contributed by atoms with Crippen LogP contribution in [0.25, 0.3) is 0 Å². The quantitative estimate of drug-likeness (QED) is 0.946. The van der Waals surface area contributed by atoms with Crippen molar-refractivity contribution in [1.29, 1.82) is 0 Å². The van der Waals surface area contributed by atoms with Gasteiger partial charge in [0.15, 0.2) is 0 Å². The Labute approximate surface area is 114 Å². The number of halogens is 1. The van der Waals surface area contributed by atoms with Crippen molar-refractivity contribution in [3.05, 3.63) is 51.8 Å². The van der Waals surface area contributed by atoms with Crippen LogP contribution in [0.2, 0.25) is 0 Å².